The second-order valence-electron chi connectivity index (χ2n) is 3.52. The number of nitrogens with zero attached hydrogens (tertiary/aromatic N) is 1. The molecule has 1 heterocycles. The largest absolute Gasteiger partial charge is 0.444 e. The monoisotopic (exact) mass is 232 g/mol. The van der Waals surface area contributed by atoms with Crippen LogP contribution in [-0.2, 0) is 16.3 Å². The molecule has 0 amide bonds. The van der Waals surface area contributed by atoms with Gasteiger partial charge in [-0.25, -0.2) is 13.4 Å². The summed E-state index contributed by atoms with van der Waals surface area (Å²) in [7, 11) is -3.12. The van der Waals surface area contributed by atoms with Crippen LogP contribution in [0.15, 0.2) is 10.6 Å². The van der Waals surface area contributed by atoms with Crippen molar-refractivity contribution in [2.45, 2.75) is 25.0 Å². The third kappa shape index (κ3) is 3.32. The molecule has 0 spiro atoms. The zero-order valence-corrected chi connectivity index (χ0v) is 9.75. The van der Waals surface area contributed by atoms with Crippen molar-refractivity contribution in [3.63, 3.8) is 0 Å². The summed E-state index contributed by atoms with van der Waals surface area (Å²) in [5.41, 5.74) is 5.35. The van der Waals surface area contributed by atoms with Gasteiger partial charge in [0.1, 0.15) is 11.0 Å². The Morgan fingerprint density at radius 1 is 1.60 bits per heavy atom. The summed E-state index contributed by atoms with van der Waals surface area (Å²) in [6.07, 6.45) is 4.08. The average molecular weight is 232 g/mol. The van der Waals surface area contributed by atoms with Crippen molar-refractivity contribution in [1.29, 1.82) is 0 Å². The molecule has 1 atom stereocenters. The molecule has 5 nitrogen and oxygen atoms in total. The molecule has 0 fully saturated rings. The maximum atomic E-state index is 11.2. The molecular formula is C9H16N2O3S. The summed E-state index contributed by atoms with van der Waals surface area (Å²) < 4.78 is 27.8. The van der Waals surface area contributed by atoms with Crippen LogP contribution in [0.4, 0.5) is 0 Å². The Morgan fingerprint density at radius 2 is 2.27 bits per heavy atom. The topological polar surface area (TPSA) is 86.2 Å². The molecule has 2 N–H and O–H groups in total. The lowest BCUT2D eigenvalue weighted by Crippen LogP contribution is -2.06. The van der Waals surface area contributed by atoms with Crippen molar-refractivity contribution in [2.75, 3.05) is 12.8 Å². The molecule has 6 heteroatoms. The van der Waals surface area contributed by atoms with E-state index in [9.17, 15) is 8.42 Å². The van der Waals surface area contributed by atoms with Gasteiger partial charge >= 0.3 is 0 Å². The van der Waals surface area contributed by atoms with Crippen molar-refractivity contribution < 1.29 is 12.8 Å². The molecule has 0 radical (unpaired) electrons. The van der Waals surface area contributed by atoms with Gasteiger partial charge in [0.05, 0.1) is 6.20 Å². The number of sulfone groups is 1. The van der Waals surface area contributed by atoms with Crippen LogP contribution in [0, 0.1) is 0 Å². The Bertz CT molecular complexity index is 411. The fourth-order valence-corrected chi connectivity index (χ4v) is 1.62. The highest BCUT2D eigenvalue weighted by Crippen LogP contribution is 2.21. The Kier molecular flexibility index (Phi) is 3.87. The summed E-state index contributed by atoms with van der Waals surface area (Å²) in [5.74, 6) is 0.940. The fraction of sp³-hybridized carbons (Fsp3) is 0.667. The van der Waals surface area contributed by atoms with Crippen molar-refractivity contribution in [2.24, 2.45) is 5.73 Å². The quantitative estimate of drug-likeness (QED) is 0.806. The van der Waals surface area contributed by atoms with E-state index in [1.807, 2.05) is 0 Å². The first kappa shape index (κ1) is 12.2. The first-order valence-electron chi connectivity index (χ1n) is 4.78. The molecule has 0 aliphatic carbocycles. The van der Waals surface area contributed by atoms with Crippen LogP contribution in [0.5, 0.6) is 0 Å². The van der Waals surface area contributed by atoms with E-state index in [4.69, 9.17) is 10.2 Å². The molecule has 0 bridgehead atoms. The average Bonchev–Trinajstić information content (AvgIpc) is 2.60. The molecule has 1 aromatic rings. The van der Waals surface area contributed by atoms with Crippen molar-refractivity contribution >= 4 is 9.84 Å². The predicted octanol–water partition coefficient (Wildman–Crippen LogP) is 0.672. The number of nitrogens with two attached hydrogens (primary N) is 1. The van der Waals surface area contributed by atoms with Crippen LogP contribution in [0.3, 0.4) is 0 Å². The second kappa shape index (κ2) is 4.76. The van der Waals surface area contributed by atoms with E-state index in [-0.39, 0.29) is 0 Å². The highest BCUT2D eigenvalue weighted by molar-refractivity contribution is 7.90. The van der Waals surface area contributed by atoms with Crippen molar-refractivity contribution in [3.8, 4) is 0 Å². The Hall–Kier alpha value is -0.880. The van der Waals surface area contributed by atoms with Gasteiger partial charge in [0, 0.05) is 12.7 Å². The van der Waals surface area contributed by atoms with E-state index in [1.165, 1.54) is 12.5 Å². The van der Waals surface area contributed by atoms with E-state index < -0.39 is 15.1 Å². The predicted molar refractivity (Wildman–Crippen MR) is 57.1 cm³/mol. The number of hydrogen-bond donors (Lipinski definition) is 1. The van der Waals surface area contributed by atoms with Crippen LogP contribution >= 0.6 is 0 Å². The van der Waals surface area contributed by atoms with Gasteiger partial charge in [0.25, 0.3) is 0 Å². The number of hydrogen-bond acceptors (Lipinski definition) is 5. The van der Waals surface area contributed by atoms with Crippen molar-refractivity contribution in [3.05, 3.63) is 17.8 Å². The van der Waals surface area contributed by atoms with E-state index in [2.05, 4.69) is 4.98 Å². The van der Waals surface area contributed by atoms with Crippen LogP contribution in [0.1, 0.15) is 30.2 Å². The molecule has 86 valence electrons. The number of aryl methyl sites for hydroxylation is 1. The van der Waals surface area contributed by atoms with Crippen LogP contribution in [-0.4, -0.2) is 26.2 Å². The van der Waals surface area contributed by atoms with Gasteiger partial charge in [-0.1, -0.05) is 0 Å². The maximum Gasteiger partial charge on any atom is 0.194 e. The van der Waals surface area contributed by atoms with Crippen LogP contribution in [0.2, 0.25) is 0 Å². The zero-order chi connectivity index (χ0) is 11.5. The molecular weight excluding hydrogens is 216 g/mol. The molecule has 0 aliphatic heterocycles. The van der Waals surface area contributed by atoms with E-state index in [0.29, 0.717) is 24.6 Å². The van der Waals surface area contributed by atoms with Gasteiger partial charge in [-0.15, -0.1) is 0 Å². The molecule has 1 rings (SSSR count). The number of aromatic nitrogens is 1. The summed E-state index contributed by atoms with van der Waals surface area (Å²) in [5, 5.41) is -0.642. The summed E-state index contributed by atoms with van der Waals surface area (Å²) >= 11 is 0. The first-order valence-corrected chi connectivity index (χ1v) is 6.74. The molecule has 0 aromatic carbocycles. The molecule has 0 aliphatic rings. The van der Waals surface area contributed by atoms with Gasteiger partial charge in [0.2, 0.25) is 0 Å². The highest BCUT2D eigenvalue weighted by Gasteiger charge is 2.21. The standard InChI is InChI=1S/C9H16N2O3S/c1-7(15(2,12)13)8-6-11-9(14-8)4-3-5-10/h6-7H,3-5,10H2,1-2H3. The normalized spacial score (nSPS) is 14.1. The van der Waals surface area contributed by atoms with E-state index >= 15 is 0 Å². The minimum atomic E-state index is -3.12. The second-order valence-corrected chi connectivity index (χ2v) is 5.89. The maximum absolute atomic E-state index is 11.2. The highest BCUT2D eigenvalue weighted by atomic mass is 32.2. The lowest BCUT2D eigenvalue weighted by atomic mass is 10.3. The molecule has 1 aromatic heterocycles. The third-order valence-electron chi connectivity index (χ3n) is 2.21. The Morgan fingerprint density at radius 3 is 2.80 bits per heavy atom. The first-order chi connectivity index (χ1) is 6.95. The Labute approximate surface area is 89.6 Å². The van der Waals surface area contributed by atoms with E-state index in [1.54, 1.807) is 6.92 Å². The lowest BCUT2D eigenvalue weighted by molar-refractivity contribution is 0.446. The smallest absolute Gasteiger partial charge is 0.194 e. The summed E-state index contributed by atoms with van der Waals surface area (Å²) in [4.78, 5) is 4.00. The van der Waals surface area contributed by atoms with Gasteiger partial charge in [-0.05, 0) is 19.9 Å². The molecule has 1 unspecified atom stereocenters. The van der Waals surface area contributed by atoms with Gasteiger partial charge in [-0.2, -0.15) is 0 Å². The number of oxazole rings is 1. The van der Waals surface area contributed by atoms with E-state index in [0.717, 1.165) is 6.42 Å². The minimum Gasteiger partial charge on any atom is -0.444 e. The Balaban J connectivity index is 2.76. The zero-order valence-electron chi connectivity index (χ0n) is 8.93. The molecule has 0 saturated carbocycles. The SMILES string of the molecule is CC(c1cnc(CCCN)o1)S(C)(=O)=O. The van der Waals surface area contributed by atoms with Gasteiger partial charge in [-0.3, -0.25) is 0 Å². The van der Waals surface area contributed by atoms with Crippen molar-refractivity contribution in [1.82, 2.24) is 4.98 Å². The molecule has 0 saturated heterocycles. The van der Waals surface area contributed by atoms with Gasteiger partial charge in [0.15, 0.2) is 15.7 Å². The summed E-state index contributed by atoms with van der Waals surface area (Å²) in [6, 6.07) is 0. The van der Waals surface area contributed by atoms with Gasteiger partial charge < -0.3 is 10.2 Å². The number of rotatable bonds is 5. The lowest BCUT2D eigenvalue weighted by Gasteiger charge is -2.03. The third-order valence-corrected chi connectivity index (χ3v) is 3.73. The van der Waals surface area contributed by atoms with Crippen LogP contribution < -0.4 is 5.73 Å². The minimum absolute atomic E-state index is 0.393. The summed E-state index contributed by atoms with van der Waals surface area (Å²) in [6.45, 7) is 2.15. The van der Waals surface area contributed by atoms with Crippen LogP contribution in [0.25, 0.3) is 0 Å². The molecule has 15 heavy (non-hydrogen) atoms. The fourth-order valence-electron chi connectivity index (χ4n) is 1.09.